The van der Waals surface area contributed by atoms with Crippen molar-refractivity contribution in [1.29, 1.82) is 0 Å². The Morgan fingerprint density at radius 1 is 1.35 bits per heavy atom. The molecular weight excluding hydrogens is 308 g/mol. The molecule has 2 unspecified atom stereocenters. The number of nitrogens with zero attached hydrogens (tertiary/aromatic N) is 1. The molecule has 0 radical (unpaired) electrons. The summed E-state index contributed by atoms with van der Waals surface area (Å²) < 4.78 is 0. The molecule has 1 aromatic rings. The highest BCUT2D eigenvalue weighted by atomic mass is 35.5. The second-order valence-electron chi connectivity index (χ2n) is 7.36. The van der Waals surface area contributed by atoms with Gasteiger partial charge in [-0.05, 0) is 49.6 Å². The number of halogens is 1. The first kappa shape index (κ1) is 18.3. The molecule has 0 saturated carbocycles. The number of hydrogen-bond donors (Lipinski definition) is 1. The lowest BCUT2D eigenvalue weighted by Gasteiger charge is -2.25. The van der Waals surface area contributed by atoms with Crippen LogP contribution in [0, 0.1) is 5.41 Å². The molecule has 2 aliphatic rings. The van der Waals surface area contributed by atoms with Crippen LogP contribution in [-0.2, 0) is 11.2 Å². The normalized spacial score (nSPS) is 27.0. The van der Waals surface area contributed by atoms with E-state index in [4.69, 9.17) is 0 Å². The maximum Gasteiger partial charge on any atom is 0.224 e. The molecule has 2 heterocycles. The van der Waals surface area contributed by atoms with Crippen molar-refractivity contribution in [1.82, 2.24) is 10.2 Å². The van der Waals surface area contributed by atoms with Crippen LogP contribution in [0.3, 0.4) is 0 Å². The molecule has 23 heavy (non-hydrogen) atoms. The predicted molar refractivity (Wildman–Crippen MR) is 97.0 cm³/mol. The molecule has 3 nitrogen and oxygen atoms in total. The minimum Gasteiger partial charge on any atom is -0.342 e. The van der Waals surface area contributed by atoms with Crippen LogP contribution in [-0.4, -0.2) is 36.5 Å². The van der Waals surface area contributed by atoms with Crippen LogP contribution in [0.4, 0.5) is 0 Å². The zero-order valence-electron chi connectivity index (χ0n) is 14.1. The van der Waals surface area contributed by atoms with E-state index >= 15 is 0 Å². The minimum atomic E-state index is 0. The van der Waals surface area contributed by atoms with Crippen molar-refractivity contribution in [3.63, 3.8) is 0 Å². The van der Waals surface area contributed by atoms with Crippen molar-refractivity contribution in [2.75, 3.05) is 19.6 Å². The summed E-state index contributed by atoms with van der Waals surface area (Å²) in [7, 11) is 0. The molecule has 1 aromatic carbocycles. The molecule has 3 rings (SSSR count). The van der Waals surface area contributed by atoms with E-state index in [1.807, 2.05) is 0 Å². The van der Waals surface area contributed by atoms with Gasteiger partial charge in [0.15, 0.2) is 0 Å². The molecule has 2 saturated heterocycles. The Kier molecular flexibility index (Phi) is 6.49. The topological polar surface area (TPSA) is 32.3 Å². The molecule has 1 N–H and O–H groups in total. The van der Waals surface area contributed by atoms with Crippen LogP contribution in [0.5, 0.6) is 0 Å². The molecule has 1 amide bonds. The Balaban J connectivity index is 0.00000192. The SMILES string of the molecule is CC1(CCc2ccccc2)CCN(C(=O)CC2CCCN2)C1.Cl. The van der Waals surface area contributed by atoms with E-state index < -0.39 is 0 Å². The first-order valence-corrected chi connectivity index (χ1v) is 8.70. The van der Waals surface area contributed by atoms with Crippen molar-refractivity contribution in [2.24, 2.45) is 5.41 Å². The fourth-order valence-corrected chi connectivity index (χ4v) is 3.80. The van der Waals surface area contributed by atoms with E-state index in [-0.39, 0.29) is 17.8 Å². The van der Waals surface area contributed by atoms with Gasteiger partial charge in [-0.25, -0.2) is 0 Å². The summed E-state index contributed by atoms with van der Waals surface area (Å²) in [5, 5.41) is 3.43. The fourth-order valence-electron chi connectivity index (χ4n) is 3.80. The van der Waals surface area contributed by atoms with Crippen LogP contribution in [0.25, 0.3) is 0 Å². The average molecular weight is 337 g/mol. The van der Waals surface area contributed by atoms with Crippen molar-refractivity contribution >= 4 is 18.3 Å². The number of amides is 1. The number of hydrogen-bond acceptors (Lipinski definition) is 2. The predicted octanol–water partition coefficient (Wildman–Crippen LogP) is 3.42. The Hall–Kier alpha value is -1.06. The standard InChI is InChI=1S/C19H28N2O.ClH/c1-19(10-9-16-6-3-2-4-7-16)11-13-21(15-19)18(22)14-17-8-5-12-20-17;/h2-4,6-7,17,20H,5,8-15H2,1H3;1H. The Labute approximate surface area is 146 Å². The first-order chi connectivity index (χ1) is 10.6. The van der Waals surface area contributed by atoms with Gasteiger partial charge in [0.05, 0.1) is 0 Å². The van der Waals surface area contributed by atoms with E-state index in [1.165, 1.54) is 18.4 Å². The van der Waals surface area contributed by atoms with Crippen LogP contribution in [0.2, 0.25) is 0 Å². The lowest BCUT2D eigenvalue weighted by molar-refractivity contribution is -0.131. The molecule has 0 aromatic heterocycles. The van der Waals surface area contributed by atoms with E-state index in [2.05, 4.69) is 47.5 Å². The van der Waals surface area contributed by atoms with Gasteiger partial charge in [0.1, 0.15) is 0 Å². The molecule has 0 spiro atoms. The monoisotopic (exact) mass is 336 g/mol. The summed E-state index contributed by atoms with van der Waals surface area (Å²) in [6, 6.07) is 11.1. The molecule has 0 bridgehead atoms. The Morgan fingerprint density at radius 2 is 2.13 bits per heavy atom. The van der Waals surface area contributed by atoms with E-state index in [0.717, 1.165) is 38.9 Å². The fraction of sp³-hybridized carbons (Fsp3) is 0.632. The van der Waals surface area contributed by atoms with Gasteiger partial charge in [0.25, 0.3) is 0 Å². The van der Waals surface area contributed by atoms with Crippen LogP contribution in [0.1, 0.15) is 44.6 Å². The summed E-state index contributed by atoms with van der Waals surface area (Å²) in [6.45, 7) is 5.30. The molecule has 128 valence electrons. The molecule has 2 atom stereocenters. The maximum atomic E-state index is 12.4. The lowest BCUT2D eigenvalue weighted by Crippen LogP contribution is -2.35. The lowest BCUT2D eigenvalue weighted by atomic mass is 9.83. The highest BCUT2D eigenvalue weighted by Gasteiger charge is 2.36. The number of rotatable bonds is 5. The third-order valence-corrected chi connectivity index (χ3v) is 5.35. The highest BCUT2D eigenvalue weighted by molar-refractivity contribution is 5.85. The van der Waals surface area contributed by atoms with Crippen LogP contribution < -0.4 is 5.32 Å². The summed E-state index contributed by atoms with van der Waals surface area (Å²) in [5.41, 5.74) is 1.69. The molecular formula is C19H29ClN2O. The molecule has 2 fully saturated rings. The zero-order chi connectivity index (χ0) is 15.4. The zero-order valence-corrected chi connectivity index (χ0v) is 14.9. The Bertz CT molecular complexity index is 501. The first-order valence-electron chi connectivity index (χ1n) is 8.70. The third-order valence-electron chi connectivity index (χ3n) is 5.35. The van der Waals surface area contributed by atoms with E-state index in [9.17, 15) is 4.79 Å². The van der Waals surface area contributed by atoms with Gasteiger partial charge in [0.2, 0.25) is 5.91 Å². The average Bonchev–Trinajstić information content (AvgIpc) is 3.17. The maximum absolute atomic E-state index is 12.4. The van der Waals surface area contributed by atoms with Gasteiger partial charge in [-0.2, -0.15) is 0 Å². The molecule has 0 aliphatic carbocycles. The number of likely N-dealkylation sites (tertiary alicyclic amines) is 1. The number of benzene rings is 1. The molecule has 2 aliphatic heterocycles. The summed E-state index contributed by atoms with van der Waals surface area (Å²) in [6.07, 6.45) is 6.49. The third kappa shape index (κ3) is 4.95. The van der Waals surface area contributed by atoms with E-state index in [0.29, 0.717) is 18.4 Å². The number of nitrogens with one attached hydrogen (secondary N) is 1. The van der Waals surface area contributed by atoms with Gasteiger partial charge in [-0.15, -0.1) is 12.4 Å². The second kappa shape index (κ2) is 8.16. The second-order valence-corrected chi connectivity index (χ2v) is 7.36. The van der Waals surface area contributed by atoms with Gasteiger partial charge >= 0.3 is 0 Å². The minimum absolute atomic E-state index is 0. The van der Waals surface area contributed by atoms with Gasteiger partial charge in [0, 0.05) is 25.6 Å². The van der Waals surface area contributed by atoms with Crippen LogP contribution in [0.15, 0.2) is 30.3 Å². The summed E-state index contributed by atoms with van der Waals surface area (Å²) in [5.74, 6) is 0.350. The summed E-state index contributed by atoms with van der Waals surface area (Å²) >= 11 is 0. The highest BCUT2D eigenvalue weighted by Crippen LogP contribution is 2.35. The molecule has 4 heteroatoms. The van der Waals surface area contributed by atoms with Gasteiger partial charge in [-0.1, -0.05) is 37.3 Å². The number of carbonyl (C=O) groups excluding carboxylic acids is 1. The largest absolute Gasteiger partial charge is 0.342 e. The van der Waals surface area contributed by atoms with Crippen molar-refractivity contribution in [2.45, 2.75) is 51.5 Å². The van der Waals surface area contributed by atoms with Crippen molar-refractivity contribution in [3.8, 4) is 0 Å². The number of aryl methyl sites for hydroxylation is 1. The van der Waals surface area contributed by atoms with E-state index in [1.54, 1.807) is 0 Å². The van der Waals surface area contributed by atoms with Crippen LogP contribution >= 0.6 is 12.4 Å². The summed E-state index contributed by atoms with van der Waals surface area (Å²) in [4.78, 5) is 14.6. The quantitative estimate of drug-likeness (QED) is 0.893. The van der Waals surface area contributed by atoms with Crippen molar-refractivity contribution in [3.05, 3.63) is 35.9 Å². The van der Waals surface area contributed by atoms with Gasteiger partial charge < -0.3 is 10.2 Å². The number of carbonyl (C=O) groups is 1. The smallest absolute Gasteiger partial charge is 0.224 e. The Morgan fingerprint density at radius 3 is 2.83 bits per heavy atom. The van der Waals surface area contributed by atoms with Crippen molar-refractivity contribution < 1.29 is 4.79 Å². The van der Waals surface area contributed by atoms with Gasteiger partial charge in [-0.3, -0.25) is 4.79 Å².